The summed E-state index contributed by atoms with van der Waals surface area (Å²) in [5.74, 6) is -0.128. The minimum Gasteiger partial charge on any atom is -0.350 e. The van der Waals surface area contributed by atoms with Crippen LogP contribution < -0.4 is 10.0 Å². The molecule has 0 saturated carbocycles. The fourth-order valence-electron chi connectivity index (χ4n) is 3.67. The van der Waals surface area contributed by atoms with Crippen molar-refractivity contribution in [2.24, 2.45) is 0 Å². The smallest absolute Gasteiger partial charge is 0.244 e. The lowest BCUT2D eigenvalue weighted by Gasteiger charge is -2.36. The average molecular weight is 428 g/mol. The molecule has 160 valence electrons. The summed E-state index contributed by atoms with van der Waals surface area (Å²) < 4.78 is 25.8. The van der Waals surface area contributed by atoms with Crippen molar-refractivity contribution in [3.05, 3.63) is 71.8 Å². The number of sulfonamides is 1. The zero-order valence-electron chi connectivity index (χ0n) is 17.4. The van der Waals surface area contributed by atoms with E-state index in [-0.39, 0.29) is 16.8 Å². The normalized spacial score (nSPS) is 17.1. The molecule has 1 fully saturated rings. The van der Waals surface area contributed by atoms with E-state index in [1.807, 2.05) is 6.07 Å². The number of amides is 1. The highest BCUT2D eigenvalue weighted by Gasteiger charge is 2.24. The van der Waals surface area contributed by atoms with Gasteiger partial charge >= 0.3 is 0 Å². The Morgan fingerprint density at radius 3 is 2.30 bits per heavy atom. The summed E-state index contributed by atoms with van der Waals surface area (Å²) >= 11 is 0. The number of benzene rings is 2. The van der Waals surface area contributed by atoms with Crippen LogP contribution in [0.2, 0.25) is 0 Å². The van der Waals surface area contributed by atoms with Crippen molar-refractivity contribution in [3.8, 4) is 0 Å². The van der Waals surface area contributed by atoms with Crippen LogP contribution in [0.25, 0.3) is 6.08 Å². The Hall–Kier alpha value is -2.48. The van der Waals surface area contributed by atoms with Gasteiger partial charge in [0.15, 0.2) is 0 Å². The van der Waals surface area contributed by atoms with E-state index in [0.717, 1.165) is 31.5 Å². The van der Waals surface area contributed by atoms with E-state index in [1.165, 1.54) is 30.8 Å². The zero-order chi connectivity index (χ0) is 21.6. The summed E-state index contributed by atoms with van der Waals surface area (Å²) in [6.07, 6.45) is 5.04. The first-order chi connectivity index (χ1) is 14.4. The van der Waals surface area contributed by atoms with Crippen LogP contribution in [0.5, 0.6) is 0 Å². The Bertz CT molecular complexity index is 965. The molecule has 2 N–H and O–H groups in total. The highest BCUT2D eigenvalue weighted by Crippen LogP contribution is 2.24. The number of nitrogens with zero attached hydrogens (tertiary/aromatic N) is 1. The Kier molecular flexibility index (Phi) is 7.42. The highest BCUT2D eigenvalue weighted by atomic mass is 32.2. The first-order valence-corrected chi connectivity index (χ1v) is 11.7. The van der Waals surface area contributed by atoms with E-state index in [9.17, 15) is 13.2 Å². The van der Waals surface area contributed by atoms with Crippen LogP contribution in [0.4, 0.5) is 0 Å². The van der Waals surface area contributed by atoms with Crippen molar-refractivity contribution >= 4 is 22.0 Å². The molecule has 30 heavy (non-hydrogen) atoms. The molecule has 6 nitrogen and oxygen atoms in total. The second kappa shape index (κ2) is 10.0. The van der Waals surface area contributed by atoms with Crippen molar-refractivity contribution < 1.29 is 13.2 Å². The number of likely N-dealkylation sites (tertiary alicyclic amines) is 1. The van der Waals surface area contributed by atoms with Gasteiger partial charge in [-0.3, -0.25) is 9.69 Å². The van der Waals surface area contributed by atoms with Crippen LogP contribution in [0, 0.1) is 0 Å². The third-order valence-electron chi connectivity index (χ3n) is 5.59. The molecular formula is C23H29N3O3S. The number of nitrogens with one attached hydrogen (secondary N) is 2. The molecule has 2 aromatic rings. The Morgan fingerprint density at radius 1 is 1.07 bits per heavy atom. The number of hydrogen-bond acceptors (Lipinski definition) is 4. The summed E-state index contributed by atoms with van der Waals surface area (Å²) in [7, 11) is -2.08. The molecule has 0 aliphatic carbocycles. The molecule has 0 radical (unpaired) electrons. The molecule has 1 aliphatic heterocycles. The van der Waals surface area contributed by atoms with E-state index in [4.69, 9.17) is 0 Å². The fourth-order valence-corrected chi connectivity index (χ4v) is 4.40. The van der Waals surface area contributed by atoms with Crippen LogP contribution in [0.3, 0.4) is 0 Å². The van der Waals surface area contributed by atoms with E-state index < -0.39 is 10.0 Å². The van der Waals surface area contributed by atoms with Gasteiger partial charge in [-0.1, -0.05) is 42.5 Å². The van der Waals surface area contributed by atoms with Gasteiger partial charge in [0.25, 0.3) is 0 Å². The Balaban J connectivity index is 1.48. The molecule has 1 amide bonds. The predicted molar refractivity (Wildman–Crippen MR) is 119 cm³/mol. The van der Waals surface area contributed by atoms with E-state index >= 15 is 0 Å². The van der Waals surface area contributed by atoms with Gasteiger partial charge in [0.2, 0.25) is 15.9 Å². The van der Waals surface area contributed by atoms with Gasteiger partial charge in [0.05, 0.1) is 4.90 Å². The standard InChI is InChI=1S/C23H29N3O3S/c1-18(20-6-4-3-5-7-20)26-16-14-21(15-17-26)25-23(27)13-10-19-8-11-22(12-9-19)30(28,29)24-2/h3-13,18,21,24H,14-17H2,1-2H3,(H,25,27)/b13-10+. The molecule has 0 spiro atoms. The van der Waals surface area contributed by atoms with Gasteiger partial charge in [-0.25, -0.2) is 13.1 Å². The topological polar surface area (TPSA) is 78.5 Å². The van der Waals surface area contributed by atoms with Gasteiger partial charge in [-0.05, 0) is 56.1 Å². The van der Waals surface area contributed by atoms with E-state index in [2.05, 4.69) is 46.1 Å². The van der Waals surface area contributed by atoms with Crippen LogP contribution >= 0.6 is 0 Å². The Morgan fingerprint density at radius 2 is 1.70 bits per heavy atom. The lowest BCUT2D eigenvalue weighted by molar-refractivity contribution is -0.117. The molecule has 1 saturated heterocycles. The monoisotopic (exact) mass is 427 g/mol. The molecule has 7 heteroatoms. The van der Waals surface area contributed by atoms with Gasteiger partial charge in [-0.2, -0.15) is 0 Å². The number of piperidine rings is 1. The molecular weight excluding hydrogens is 398 g/mol. The van der Waals surface area contributed by atoms with Crippen LogP contribution in [0.1, 0.15) is 36.9 Å². The average Bonchev–Trinajstić information content (AvgIpc) is 2.78. The largest absolute Gasteiger partial charge is 0.350 e. The summed E-state index contributed by atoms with van der Waals surface area (Å²) in [6, 6.07) is 17.4. The number of carbonyl (C=O) groups excluding carboxylic acids is 1. The molecule has 0 aromatic heterocycles. The maximum absolute atomic E-state index is 12.3. The van der Waals surface area contributed by atoms with Crippen molar-refractivity contribution in [1.82, 2.24) is 14.9 Å². The molecule has 1 heterocycles. The summed E-state index contributed by atoms with van der Waals surface area (Å²) in [5.41, 5.74) is 2.09. The SMILES string of the molecule is CNS(=O)(=O)c1ccc(/C=C/C(=O)NC2CCN(C(C)c3ccccc3)CC2)cc1. The van der Waals surface area contributed by atoms with Crippen LogP contribution in [-0.2, 0) is 14.8 Å². The van der Waals surface area contributed by atoms with Crippen molar-refractivity contribution in [2.75, 3.05) is 20.1 Å². The van der Waals surface area contributed by atoms with Crippen molar-refractivity contribution in [1.29, 1.82) is 0 Å². The van der Waals surface area contributed by atoms with Gasteiger partial charge in [0.1, 0.15) is 0 Å². The first kappa shape index (κ1) is 22.2. The maximum atomic E-state index is 12.3. The number of rotatable bonds is 7. The second-order valence-corrected chi connectivity index (χ2v) is 9.40. The third kappa shape index (κ3) is 5.78. The van der Waals surface area contributed by atoms with Gasteiger partial charge in [0, 0.05) is 31.2 Å². The van der Waals surface area contributed by atoms with E-state index in [1.54, 1.807) is 18.2 Å². The molecule has 2 aromatic carbocycles. The highest BCUT2D eigenvalue weighted by molar-refractivity contribution is 7.89. The predicted octanol–water partition coefficient (Wildman–Crippen LogP) is 2.95. The number of hydrogen-bond donors (Lipinski definition) is 2. The second-order valence-electron chi connectivity index (χ2n) is 7.52. The van der Waals surface area contributed by atoms with Gasteiger partial charge < -0.3 is 5.32 Å². The molecule has 1 aliphatic rings. The van der Waals surface area contributed by atoms with Crippen LogP contribution in [-0.4, -0.2) is 45.4 Å². The molecule has 1 unspecified atom stereocenters. The van der Waals surface area contributed by atoms with E-state index in [0.29, 0.717) is 6.04 Å². The molecule has 0 bridgehead atoms. The molecule has 1 atom stereocenters. The summed E-state index contributed by atoms with van der Waals surface area (Å²) in [4.78, 5) is 14.9. The maximum Gasteiger partial charge on any atom is 0.244 e. The lowest BCUT2D eigenvalue weighted by Crippen LogP contribution is -2.44. The Labute approximate surface area is 179 Å². The van der Waals surface area contributed by atoms with Crippen LogP contribution in [0.15, 0.2) is 65.6 Å². The van der Waals surface area contributed by atoms with Crippen molar-refractivity contribution in [3.63, 3.8) is 0 Å². The zero-order valence-corrected chi connectivity index (χ0v) is 18.2. The summed E-state index contributed by atoms with van der Waals surface area (Å²) in [5, 5.41) is 3.07. The van der Waals surface area contributed by atoms with Crippen molar-refractivity contribution in [2.45, 2.75) is 36.7 Å². The van der Waals surface area contributed by atoms with Gasteiger partial charge in [-0.15, -0.1) is 0 Å². The minimum absolute atomic E-state index is 0.128. The quantitative estimate of drug-likeness (QED) is 0.666. The molecule has 3 rings (SSSR count). The summed E-state index contributed by atoms with van der Waals surface area (Å²) in [6.45, 7) is 4.13. The minimum atomic E-state index is -3.45. The first-order valence-electron chi connectivity index (χ1n) is 10.2. The number of carbonyl (C=O) groups is 1. The fraction of sp³-hybridized carbons (Fsp3) is 0.348. The third-order valence-corrected chi connectivity index (χ3v) is 7.02. The lowest BCUT2D eigenvalue weighted by atomic mass is 10.00.